The molecule has 80 valence electrons. The third kappa shape index (κ3) is 2.59. The molecule has 0 radical (unpaired) electrons. The van der Waals surface area contributed by atoms with E-state index in [1.54, 1.807) is 0 Å². The molecule has 0 aromatic carbocycles. The molecule has 14 heavy (non-hydrogen) atoms. The number of rotatable bonds is 1. The fourth-order valence-electron chi connectivity index (χ4n) is 1.27. The molecular weight excluding hydrogens is 212 g/mol. The predicted molar refractivity (Wildman–Crippen MR) is 47.4 cm³/mol. The lowest BCUT2D eigenvalue weighted by Crippen LogP contribution is -2.47. The highest BCUT2D eigenvalue weighted by molar-refractivity contribution is 7.92. The first-order valence-corrected chi connectivity index (χ1v) is 5.67. The highest BCUT2D eigenvalue weighted by Gasteiger charge is 2.31. The maximum absolute atomic E-state index is 11.1. The summed E-state index contributed by atoms with van der Waals surface area (Å²) in [6, 6.07) is -0.707. The van der Waals surface area contributed by atoms with Crippen molar-refractivity contribution < 1.29 is 23.5 Å². The Kier molecular flexibility index (Phi) is 2.94. The van der Waals surface area contributed by atoms with Crippen LogP contribution in [0, 0.1) is 0 Å². The molecule has 0 bridgehead atoms. The van der Waals surface area contributed by atoms with Crippen LogP contribution in [0.3, 0.4) is 0 Å². The Morgan fingerprint density at radius 3 is 2.71 bits per heavy atom. The number of nitrogens with zero attached hydrogens (tertiary/aromatic N) is 1. The summed E-state index contributed by atoms with van der Waals surface area (Å²) in [7, 11) is -3.24. The molecule has 0 aliphatic carbocycles. The van der Waals surface area contributed by atoms with Gasteiger partial charge in [-0.3, -0.25) is 0 Å². The van der Waals surface area contributed by atoms with Gasteiger partial charge in [0.2, 0.25) is 0 Å². The van der Waals surface area contributed by atoms with Crippen LogP contribution in [0.2, 0.25) is 0 Å². The zero-order valence-corrected chi connectivity index (χ0v) is 7.99. The molecule has 8 heteroatoms. The molecule has 3 N–H and O–H groups in total. The van der Waals surface area contributed by atoms with Crippen LogP contribution in [0.25, 0.3) is 0 Å². The van der Waals surface area contributed by atoms with Crippen molar-refractivity contribution in [3.8, 4) is 0 Å². The van der Waals surface area contributed by atoms with Crippen LogP contribution in [0.5, 0.6) is 0 Å². The van der Waals surface area contributed by atoms with Gasteiger partial charge in [-0.15, -0.1) is 0 Å². The number of carboxylic acid groups (broad SMARTS) is 1. The highest BCUT2D eigenvalue weighted by Crippen LogP contribution is 2.10. The molecule has 1 fully saturated rings. The number of nitrogens with one attached hydrogen (secondary N) is 1. The van der Waals surface area contributed by atoms with Crippen molar-refractivity contribution in [3.63, 3.8) is 0 Å². The molecule has 1 heterocycles. The summed E-state index contributed by atoms with van der Waals surface area (Å²) in [6.45, 7) is 0. The maximum atomic E-state index is 11.1. The van der Waals surface area contributed by atoms with Gasteiger partial charge in [-0.25, -0.2) is 13.2 Å². The lowest BCUT2D eigenvalue weighted by molar-refractivity contribution is 0.192. The summed E-state index contributed by atoms with van der Waals surface area (Å²) >= 11 is 0. The number of hydrogen-bond acceptors (Lipinski definition) is 5. The zero-order valence-electron chi connectivity index (χ0n) is 7.17. The van der Waals surface area contributed by atoms with E-state index in [4.69, 9.17) is 10.3 Å². The minimum atomic E-state index is -3.24. The van der Waals surface area contributed by atoms with E-state index in [9.17, 15) is 13.2 Å². The van der Waals surface area contributed by atoms with E-state index in [0.717, 1.165) is 0 Å². The van der Waals surface area contributed by atoms with Crippen molar-refractivity contribution in [3.05, 3.63) is 0 Å². The fraction of sp³-hybridized carbons (Fsp3) is 0.667. The molecule has 1 amide bonds. The van der Waals surface area contributed by atoms with Gasteiger partial charge < -0.3 is 15.6 Å². The Labute approximate surface area is 80.3 Å². The van der Waals surface area contributed by atoms with Crippen LogP contribution in [0.15, 0.2) is 5.16 Å². The van der Waals surface area contributed by atoms with Crippen molar-refractivity contribution in [2.24, 2.45) is 5.16 Å². The first-order chi connectivity index (χ1) is 6.44. The molecule has 1 unspecified atom stereocenters. The van der Waals surface area contributed by atoms with E-state index in [-0.39, 0.29) is 17.9 Å². The van der Waals surface area contributed by atoms with Crippen LogP contribution in [0.1, 0.15) is 6.42 Å². The molecule has 1 rings (SSSR count). The van der Waals surface area contributed by atoms with E-state index in [2.05, 4.69) is 10.5 Å². The van der Waals surface area contributed by atoms with Crippen molar-refractivity contribution in [2.45, 2.75) is 12.5 Å². The summed E-state index contributed by atoms with van der Waals surface area (Å²) in [4.78, 5) is 10.3. The van der Waals surface area contributed by atoms with E-state index < -0.39 is 27.7 Å². The Bertz CT molecular complexity index is 360. The standard InChI is InChI=1S/C6H10N2O5S/c9-6(10)7-4-1-2-14(12,13)3-5(4)8-11/h4,7,11H,1-3H2,(H,9,10). The largest absolute Gasteiger partial charge is 0.465 e. The van der Waals surface area contributed by atoms with Crippen LogP contribution in [-0.4, -0.2) is 48.1 Å². The van der Waals surface area contributed by atoms with Crippen LogP contribution in [0.4, 0.5) is 4.79 Å². The Hall–Kier alpha value is -1.31. The van der Waals surface area contributed by atoms with Gasteiger partial charge in [-0.05, 0) is 6.42 Å². The number of sulfone groups is 1. The molecule has 1 atom stereocenters. The number of hydrogen-bond donors (Lipinski definition) is 3. The SMILES string of the molecule is O=C(O)NC1CCS(=O)(=O)CC1=NO. The van der Waals surface area contributed by atoms with Crippen molar-refractivity contribution in [2.75, 3.05) is 11.5 Å². The first kappa shape index (κ1) is 10.8. The van der Waals surface area contributed by atoms with E-state index in [0.29, 0.717) is 0 Å². The average molecular weight is 222 g/mol. The summed E-state index contributed by atoms with van der Waals surface area (Å²) in [6.07, 6.45) is -1.16. The monoisotopic (exact) mass is 222 g/mol. The first-order valence-electron chi connectivity index (χ1n) is 3.85. The molecule has 0 spiro atoms. The molecule has 1 aliphatic heterocycles. The lowest BCUT2D eigenvalue weighted by atomic mass is 10.1. The smallest absolute Gasteiger partial charge is 0.405 e. The van der Waals surface area contributed by atoms with Gasteiger partial charge in [0, 0.05) is 0 Å². The number of oxime groups is 1. The minimum absolute atomic E-state index is 0.0568. The van der Waals surface area contributed by atoms with Gasteiger partial charge >= 0.3 is 6.09 Å². The van der Waals surface area contributed by atoms with Crippen LogP contribution < -0.4 is 5.32 Å². The van der Waals surface area contributed by atoms with Crippen molar-refractivity contribution >= 4 is 21.6 Å². The molecule has 7 nitrogen and oxygen atoms in total. The van der Waals surface area contributed by atoms with E-state index in [1.165, 1.54) is 0 Å². The normalized spacial score (nSPS) is 28.6. The van der Waals surface area contributed by atoms with Gasteiger partial charge in [0.05, 0.1) is 23.3 Å². The second-order valence-electron chi connectivity index (χ2n) is 2.97. The number of carbonyl (C=O) groups is 1. The molecule has 1 aliphatic rings. The zero-order chi connectivity index (χ0) is 10.8. The highest BCUT2D eigenvalue weighted by atomic mass is 32.2. The van der Waals surface area contributed by atoms with Gasteiger partial charge in [0.1, 0.15) is 0 Å². The van der Waals surface area contributed by atoms with Gasteiger partial charge in [-0.2, -0.15) is 0 Å². The third-order valence-electron chi connectivity index (χ3n) is 1.91. The van der Waals surface area contributed by atoms with Gasteiger partial charge in [-0.1, -0.05) is 5.16 Å². The van der Waals surface area contributed by atoms with Crippen LogP contribution >= 0.6 is 0 Å². The van der Waals surface area contributed by atoms with E-state index >= 15 is 0 Å². The topological polar surface area (TPSA) is 116 Å². The third-order valence-corrected chi connectivity index (χ3v) is 3.51. The summed E-state index contributed by atoms with van der Waals surface area (Å²) < 4.78 is 22.2. The second-order valence-corrected chi connectivity index (χ2v) is 5.16. The molecule has 1 saturated heterocycles. The predicted octanol–water partition coefficient (Wildman–Crippen LogP) is -0.729. The molecule has 0 aromatic heterocycles. The maximum Gasteiger partial charge on any atom is 0.405 e. The quantitative estimate of drug-likeness (QED) is 0.399. The second kappa shape index (κ2) is 3.82. The van der Waals surface area contributed by atoms with Crippen molar-refractivity contribution in [1.29, 1.82) is 0 Å². The van der Waals surface area contributed by atoms with Crippen LogP contribution in [-0.2, 0) is 9.84 Å². The summed E-state index contributed by atoms with van der Waals surface area (Å²) in [5, 5.41) is 21.8. The lowest BCUT2D eigenvalue weighted by Gasteiger charge is -2.22. The molecular formula is C6H10N2O5S. The Morgan fingerprint density at radius 1 is 1.57 bits per heavy atom. The van der Waals surface area contributed by atoms with E-state index in [1.807, 2.05) is 0 Å². The Morgan fingerprint density at radius 2 is 2.21 bits per heavy atom. The van der Waals surface area contributed by atoms with Gasteiger partial charge in [0.15, 0.2) is 9.84 Å². The summed E-state index contributed by atoms with van der Waals surface area (Å²) in [5.41, 5.74) is -0.0568. The molecule has 0 aromatic rings. The number of amides is 1. The molecule has 0 saturated carbocycles. The summed E-state index contributed by atoms with van der Waals surface area (Å²) in [5.74, 6) is -0.495. The average Bonchev–Trinajstić information content (AvgIpc) is 2.07. The minimum Gasteiger partial charge on any atom is -0.465 e. The van der Waals surface area contributed by atoms with Gasteiger partial charge in [0.25, 0.3) is 0 Å². The van der Waals surface area contributed by atoms with Crippen molar-refractivity contribution in [1.82, 2.24) is 5.32 Å². The Balaban J connectivity index is 2.77. The fourth-order valence-corrected chi connectivity index (χ4v) is 2.71.